The van der Waals surface area contributed by atoms with E-state index in [1.165, 1.54) is 6.34 Å². The van der Waals surface area contributed by atoms with E-state index in [1.807, 2.05) is 0 Å². The average Bonchev–Trinajstić information content (AvgIpc) is 2.12. The number of nitrogens with zero attached hydrogens (tertiary/aromatic N) is 2. The van der Waals surface area contributed by atoms with Crippen LogP contribution in [0.25, 0.3) is 0 Å². The van der Waals surface area contributed by atoms with Gasteiger partial charge in [-0.05, 0) is 0 Å². The molecule has 0 radical (unpaired) electrons. The summed E-state index contributed by atoms with van der Waals surface area (Å²) in [4.78, 5) is 14.9. The maximum absolute atomic E-state index is 10.0. The van der Waals surface area contributed by atoms with Crippen molar-refractivity contribution in [2.45, 2.75) is 0 Å². The monoisotopic (exact) mass is 138 g/mol. The van der Waals surface area contributed by atoms with E-state index in [4.69, 9.17) is 5.11 Å². The van der Waals surface area contributed by atoms with Crippen molar-refractivity contribution >= 4 is 12.4 Å². The molecule has 0 aromatic carbocycles. The van der Waals surface area contributed by atoms with Crippen molar-refractivity contribution in [3.63, 3.8) is 0 Å². The SMILES string of the molecule is O=C(O)N1C=NCC1.[H-].[Na+]. The minimum absolute atomic E-state index is 0. The van der Waals surface area contributed by atoms with Gasteiger partial charge < -0.3 is 6.53 Å². The van der Waals surface area contributed by atoms with Gasteiger partial charge in [-0.15, -0.1) is 0 Å². The third kappa shape index (κ3) is 2.34. The zero-order valence-corrected chi connectivity index (χ0v) is 7.24. The second kappa shape index (κ2) is 3.87. The Labute approximate surface area is 76.3 Å². The summed E-state index contributed by atoms with van der Waals surface area (Å²) in [5.74, 6) is 0. The molecule has 0 saturated carbocycles. The van der Waals surface area contributed by atoms with Gasteiger partial charge in [0.2, 0.25) is 0 Å². The molecule has 0 fully saturated rings. The molecule has 0 unspecified atom stereocenters. The van der Waals surface area contributed by atoms with Crippen LogP contribution in [0.2, 0.25) is 0 Å². The topological polar surface area (TPSA) is 52.9 Å². The summed E-state index contributed by atoms with van der Waals surface area (Å²) >= 11 is 0. The van der Waals surface area contributed by atoms with E-state index in [1.54, 1.807) is 0 Å². The maximum atomic E-state index is 10.0. The molecule has 1 aliphatic rings. The number of carbonyl (C=O) groups is 1. The Kier molecular flexibility index (Phi) is 3.84. The predicted molar refractivity (Wildman–Crippen MR) is 29.2 cm³/mol. The zero-order chi connectivity index (χ0) is 5.98. The summed E-state index contributed by atoms with van der Waals surface area (Å²) in [6.07, 6.45) is 0.411. The quantitative estimate of drug-likeness (QED) is 0.366. The molecule has 0 aromatic rings. The molecule has 1 heterocycles. The van der Waals surface area contributed by atoms with Gasteiger partial charge in [-0.2, -0.15) is 0 Å². The van der Waals surface area contributed by atoms with Crippen molar-refractivity contribution in [2.75, 3.05) is 13.1 Å². The largest absolute Gasteiger partial charge is 1.00 e. The Morgan fingerprint density at radius 1 is 1.89 bits per heavy atom. The molecule has 4 nitrogen and oxygen atoms in total. The molecule has 0 bridgehead atoms. The zero-order valence-electron chi connectivity index (χ0n) is 6.24. The molecule has 0 aromatic heterocycles. The summed E-state index contributed by atoms with van der Waals surface area (Å²) in [7, 11) is 0. The molecular weight excluding hydrogens is 131 g/mol. The van der Waals surface area contributed by atoms with Gasteiger partial charge in [0, 0.05) is 6.54 Å². The molecular formula is C4H7N2NaO2. The summed E-state index contributed by atoms with van der Waals surface area (Å²) in [6, 6.07) is 0. The van der Waals surface area contributed by atoms with Crippen LogP contribution in [-0.4, -0.2) is 35.5 Å². The summed E-state index contributed by atoms with van der Waals surface area (Å²) < 4.78 is 0. The van der Waals surface area contributed by atoms with E-state index in [9.17, 15) is 4.79 Å². The normalized spacial score (nSPS) is 15.3. The molecule has 1 rings (SSSR count). The van der Waals surface area contributed by atoms with Crippen molar-refractivity contribution in [1.29, 1.82) is 0 Å². The van der Waals surface area contributed by atoms with Crippen LogP contribution in [-0.2, 0) is 0 Å². The molecule has 5 heteroatoms. The fourth-order valence-electron chi connectivity index (χ4n) is 0.525. The van der Waals surface area contributed by atoms with E-state index in [0.29, 0.717) is 13.1 Å². The minimum atomic E-state index is -0.925. The van der Waals surface area contributed by atoms with E-state index in [2.05, 4.69) is 4.99 Å². The molecule has 0 aliphatic carbocycles. The van der Waals surface area contributed by atoms with Gasteiger partial charge in [0.05, 0.1) is 12.9 Å². The minimum Gasteiger partial charge on any atom is -1.00 e. The smallest absolute Gasteiger partial charge is 1.00 e. The van der Waals surface area contributed by atoms with Crippen molar-refractivity contribution < 1.29 is 40.9 Å². The van der Waals surface area contributed by atoms with Crippen LogP contribution in [0.1, 0.15) is 1.43 Å². The van der Waals surface area contributed by atoms with Gasteiger partial charge in [0.25, 0.3) is 0 Å². The first kappa shape index (κ1) is 8.94. The van der Waals surface area contributed by atoms with Gasteiger partial charge in [-0.25, -0.2) is 4.79 Å². The van der Waals surface area contributed by atoms with Crippen molar-refractivity contribution in [1.82, 2.24) is 4.90 Å². The molecule has 46 valence electrons. The third-order valence-electron chi connectivity index (χ3n) is 0.937. The first-order chi connectivity index (χ1) is 3.80. The number of rotatable bonds is 0. The number of hydrogen-bond acceptors (Lipinski definition) is 2. The second-order valence-corrected chi connectivity index (χ2v) is 1.50. The Morgan fingerprint density at radius 3 is 2.78 bits per heavy atom. The van der Waals surface area contributed by atoms with Gasteiger partial charge in [-0.1, -0.05) is 0 Å². The molecule has 0 saturated heterocycles. The van der Waals surface area contributed by atoms with Crippen LogP contribution in [0.3, 0.4) is 0 Å². The van der Waals surface area contributed by atoms with Crippen LogP contribution in [0.5, 0.6) is 0 Å². The van der Waals surface area contributed by atoms with Crippen LogP contribution < -0.4 is 29.6 Å². The predicted octanol–water partition coefficient (Wildman–Crippen LogP) is -2.88. The van der Waals surface area contributed by atoms with E-state index in [-0.39, 0.29) is 31.0 Å². The Balaban J connectivity index is 0. The first-order valence-electron chi connectivity index (χ1n) is 2.30. The maximum Gasteiger partial charge on any atom is 1.00 e. The van der Waals surface area contributed by atoms with Crippen molar-refractivity contribution in [3.8, 4) is 0 Å². The molecule has 1 N–H and O–H groups in total. The fraction of sp³-hybridized carbons (Fsp3) is 0.500. The van der Waals surface area contributed by atoms with Gasteiger partial charge in [0.1, 0.15) is 0 Å². The second-order valence-electron chi connectivity index (χ2n) is 1.50. The van der Waals surface area contributed by atoms with Crippen LogP contribution in [0, 0.1) is 0 Å². The molecule has 1 aliphatic heterocycles. The summed E-state index contributed by atoms with van der Waals surface area (Å²) in [5, 5.41) is 8.25. The standard InChI is InChI=1S/C4H6N2O2.Na.H/c7-4(8)6-2-1-5-3-6;;/h3H,1-2H2,(H,7,8);;/q;+1;-1. The number of hydrogen-bond donors (Lipinski definition) is 1. The molecule has 0 spiro atoms. The summed E-state index contributed by atoms with van der Waals surface area (Å²) in [6.45, 7) is 1.11. The van der Waals surface area contributed by atoms with E-state index < -0.39 is 6.09 Å². The Hall–Kier alpha value is -0.0600. The molecule has 1 amide bonds. The Morgan fingerprint density at radius 2 is 2.56 bits per heavy atom. The van der Waals surface area contributed by atoms with E-state index >= 15 is 0 Å². The van der Waals surface area contributed by atoms with Gasteiger partial charge >= 0.3 is 35.7 Å². The number of amides is 1. The average molecular weight is 138 g/mol. The third-order valence-corrected chi connectivity index (χ3v) is 0.937. The number of carboxylic acid groups (broad SMARTS) is 1. The molecule has 9 heavy (non-hydrogen) atoms. The summed E-state index contributed by atoms with van der Waals surface area (Å²) in [5.41, 5.74) is 0. The van der Waals surface area contributed by atoms with Gasteiger partial charge in [-0.3, -0.25) is 9.89 Å². The molecule has 0 atom stereocenters. The fourth-order valence-corrected chi connectivity index (χ4v) is 0.525. The number of aliphatic imine (C=N–C) groups is 1. The first-order valence-corrected chi connectivity index (χ1v) is 2.30. The van der Waals surface area contributed by atoms with E-state index in [0.717, 1.165) is 4.90 Å². The van der Waals surface area contributed by atoms with Crippen molar-refractivity contribution in [3.05, 3.63) is 0 Å². The van der Waals surface area contributed by atoms with Crippen molar-refractivity contribution in [2.24, 2.45) is 4.99 Å². The Bertz CT molecular complexity index is 141. The van der Waals surface area contributed by atoms with Gasteiger partial charge in [0.15, 0.2) is 0 Å². The van der Waals surface area contributed by atoms with Crippen LogP contribution in [0.15, 0.2) is 4.99 Å². The van der Waals surface area contributed by atoms with Crippen LogP contribution in [0.4, 0.5) is 4.79 Å². The van der Waals surface area contributed by atoms with Crippen LogP contribution >= 0.6 is 0 Å².